The summed E-state index contributed by atoms with van der Waals surface area (Å²) in [6.45, 7) is 2.47. The Bertz CT molecular complexity index is 1330. The molecule has 2 amide bonds. The van der Waals surface area contributed by atoms with Crippen molar-refractivity contribution in [1.29, 1.82) is 0 Å². The summed E-state index contributed by atoms with van der Waals surface area (Å²) in [7, 11) is 0. The molecule has 0 aliphatic carbocycles. The second-order valence-electron chi connectivity index (χ2n) is 8.14. The van der Waals surface area contributed by atoms with Gasteiger partial charge in [0.1, 0.15) is 17.4 Å². The lowest BCUT2D eigenvalue weighted by atomic mass is 9.98. The van der Waals surface area contributed by atoms with Gasteiger partial charge in [-0.25, -0.2) is 4.39 Å². The summed E-state index contributed by atoms with van der Waals surface area (Å²) >= 11 is 0. The number of carbonyl (C=O) groups is 2. The third-order valence-electron chi connectivity index (χ3n) is 6.08. The van der Waals surface area contributed by atoms with Crippen molar-refractivity contribution >= 4 is 22.8 Å². The number of carbonyl (C=O) groups excluding carboxylic acids is 2. The van der Waals surface area contributed by atoms with Gasteiger partial charge in [0.05, 0.1) is 0 Å². The molecule has 1 fully saturated rings. The van der Waals surface area contributed by atoms with E-state index in [1.807, 2.05) is 36.4 Å². The zero-order valence-corrected chi connectivity index (χ0v) is 18.0. The molecule has 1 aliphatic heterocycles. The molecule has 0 unspecified atom stereocenters. The van der Waals surface area contributed by atoms with Crippen LogP contribution in [0, 0.1) is 12.7 Å². The first-order valence-corrected chi connectivity index (χ1v) is 10.8. The molecule has 2 aromatic carbocycles. The summed E-state index contributed by atoms with van der Waals surface area (Å²) in [6, 6.07) is 15.3. The summed E-state index contributed by atoms with van der Waals surface area (Å²) in [6.07, 6.45) is 3.86. The van der Waals surface area contributed by atoms with E-state index in [0.29, 0.717) is 36.0 Å². The fourth-order valence-corrected chi connectivity index (χ4v) is 4.29. The van der Waals surface area contributed by atoms with Gasteiger partial charge in [0.2, 0.25) is 5.91 Å². The van der Waals surface area contributed by atoms with Crippen LogP contribution in [0.2, 0.25) is 0 Å². The van der Waals surface area contributed by atoms with Crippen LogP contribution in [-0.2, 0) is 11.2 Å². The van der Waals surface area contributed by atoms with Crippen LogP contribution in [0.5, 0.6) is 0 Å². The molecular formula is C26H22FN3O3. The van der Waals surface area contributed by atoms with E-state index in [1.54, 1.807) is 24.2 Å². The number of furan rings is 1. The quantitative estimate of drug-likeness (QED) is 0.515. The first-order valence-electron chi connectivity index (χ1n) is 10.8. The monoisotopic (exact) mass is 443 g/mol. The summed E-state index contributed by atoms with van der Waals surface area (Å²) in [5, 5.41) is 3.41. The van der Waals surface area contributed by atoms with Crippen molar-refractivity contribution in [3.05, 3.63) is 89.7 Å². The highest BCUT2D eigenvalue weighted by molar-refractivity contribution is 6.01. The van der Waals surface area contributed by atoms with Gasteiger partial charge < -0.3 is 14.6 Å². The van der Waals surface area contributed by atoms with E-state index < -0.39 is 11.9 Å². The number of aryl methyl sites for hydroxylation is 1. The minimum absolute atomic E-state index is 0.142. The van der Waals surface area contributed by atoms with Crippen LogP contribution < -0.4 is 5.32 Å². The lowest BCUT2D eigenvalue weighted by molar-refractivity contribution is -0.127. The fraction of sp³-hybridized carbons (Fsp3) is 0.192. The number of benzene rings is 2. The van der Waals surface area contributed by atoms with E-state index in [-0.39, 0.29) is 17.6 Å². The normalized spacial score (nSPS) is 16.1. The number of hydrogen-bond acceptors (Lipinski definition) is 4. The summed E-state index contributed by atoms with van der Waals surface area (Å²) < 4.78 is 19.5. The average Bonchev–Trinajstić information content (AvgIpc) is 3.16. The molecule has 6 nitrogen and oxygen atoms in total. The van der Waals surface area contributed by atoms with E-state index in [1.165, 1.54) is 18.2 Å². The largest absolute Gasteiger partial charge is 0.451 e. The molecule has 0 bridgehead atoms. The van der Waals surface area contributed by atoms with Gasteiger partial charge >= 0.3 is 0 Å². The summed E-state index contributed by atoms with van der Waals surface area (Å²) in [5.41, 5.74) is 4.06. The molecule has 1 aliphatic rings. The minimum Gasteiger partial charge on any atom is -0.451 e. The van der Waals surface area contributed by atoms with Crippen LogP contribution in [0.15, 0.2) is 71.4 Å². The van der Waals surface area contributed by atoms with Crippen molar-refractivity contribution in [2.24, 2.45) is 0 Å². The standard InChI is InChI=1S/C26H22FN3O3/c1-16-21-15-20(27)6-7-23(21)33-24(16)26(32)30-13-12-29-25(31)22(30)14-17-2-4-18(5-3-17)19-8-10-28-11-9-19/h2-11,15,22H,12-14H2,1H3,(H,29,31)/t22-/m0/s1. The van der Waals surface area contributed by atoms with Crippen LogP contribution in [0.4, 0.5) is 4.39 Å². The van der Waals surface area contributed by atoms with Gasteiger partial charge in [-0.2, -0.15) is 0 Å². The van der Waals surface area contributed by atoms with Crippen molar-refractivity contribution in [1.82, 2.24) is 15.2 Å². The molecule has 0 radical (unpaired) electrons. The molecule has 0 spiro atoms. The van der Waals surface area contributed by atoms with E-state index in [2.05, 4.69) is 10.3 Å². The second-order valence-corrected chi connectivity index (χ2v) is 8.14. The Labute approximate surface area is 190 Å². The Morgan fingerprint density at radius 1 is 1.12 bits per heavy atom. The Kier molecular flexibility index (Phi) is 5.38. The molecule has 4 aromatic rings. The lowest BCUT2D eigenvalue weighted by Gasteiger charge is -2.34. The predicted octanol–water partition coefficient (Wildman–Crippen LogP) is 4.13. The number of nitrogens with zero attached hydrogens (tertiary/aromatic N) is 2. The first kappa shape index (κ1) is 20.9. The van der Waals surface area contributed by atoms with E-state index >= 15 is 0 Å². The summed E-state index contributed by atoms with van der Waals surface area (Å²) in [4.78, 5) is 31.7. The lowest BCUT2D eigenvalue weighted by Crippen LogP contribution is -2.58. The SMILES string of the molecule is Cc1c(C(=O)N2CCNC(=O)[C@@H]2Cc2ccc(-c3ccncc3)cc2)oc2ccc(F)cc12. The van der Waals surface area contributed by atoms with Crippen molar-refractivity contribution in [2.75, 3.05) is 13.1 Å². The molecular weight excluding hydrogens is 421 g/mol. The van der Waals surface area contributed by atoms with Crippen LogP contribution in [-0.4, -0.2) is 40.8 Å². The van der Waals surface area contributed by atoms with E-state index in [4.69, 9.17) is 4.42 Å². The molecule has 0 saturated carbocycles. The Morgan fingerprint density at radius 2 is 1.85 bits per heavy atom. The van der Waals surface area contributed by atoms with Crippen LogP contribution in [0.1, 0.15) is 21.7 Å². The third kappa shape index (κ3) is 3.98. The van der Waals surface area contributed by atoms with Crippen LogP contribution in [0.3, 0.4) is 0 Å². The summed E-state index contributed by atoms with van der Waals surface area (Å²) in [5.74, 6) is -0.816. The fourth-order valence-electron chi connectivity index (χ4n) is 4.29. The van der Waals surface area contributed by atoms with Gasteiger partial charge in [-0.15, -0.1) is 0 Å². The number of aromatic nitrogens is 1. The zero-order chi connectivity index (χ0) is 22.9. The van der Waals surface area contributed by atoms with Gasteiger partial charge in [-0.05, 0) is 53.9 Å². The van der Waals surface area contributed by atoms with Gasteiger partial charge in [0.25, 0.3) is 5.91 Å². The number of halogens is 1. The number of amides is 2. The molecule has 7 heteroatoms. The Morgan fingerprint density at radius 3 is 2.61 bits per heavy atom. The van der Waals surface area contributed by atoms with E-state index in [0.717, 1.165) is 16.7 Å². The zero-order valence-electron chi connectivity index (χ0n) is 18.0. The highest BCUT2D eigenvalue weighted by atomic mass is 19.1. The van der Waals surface area contributed by atoms with Crippen molar-refractivity contribution in [3.63, 3.8) is 0 Å². The van der Waals surface area contributed by atoms with Crippen LogP contribution in [0.25, 0.3) is 22.1 Å². The molecule has 1 N–H and O–H groups in total. The molecule has 2 aromatic heterocycles. The number of nitrogens with one attached hydrogen (secondary N) is 1. The number of pyridine rings is 1. The van der Waals surface area contributed by atoms with Crippen LogP contribution >= 0.6 is 0 Å². The van der Waals surface area contributed by atoms with Crippen molar-refractivity contribution < 1.29 is 18.4 Å². The molecule has 1 saturated heterocycles. The maximum absolute atomic E-state index is 13.7. The molecule has 5 rings (SSSR count). The smallest absolute Gasteiger partial charge is 0.290 e. The van der Waals surface area contributed by atoms with Gasteiger partial charge in [0.15, 0.2) is 5.76 Å². The Balaban J connectivity index is 1.41. The first-order chi connectivity index (χ1) is 16.0. The predicted molar refractivity (Wildman–Crippen MR) is 122 cm³/mol. The average molecular weight is 443 g/mol. The number of fused-ring (bicyclic) bond motifs is 1. The highest BCUT2D eigenvalue weighted by Crippen LogP contribution is 2.28. The molecule has 3 heterocycles. The van der Waals surface area contributed by atoms with Crippen molar-refractivity contribution in [3.8, 4) is 11.1 Å². The number of piperazine rings is 1. The number of hydrogen-bond donors (Lipinski definition) is 1. The second kappa shape index (κ2) is 8.50. The van der Waals surface area contributed by atoms with Gasteiger partial charge in [-0.1, -0.05) is 24.3 Å². The highest BCUT2D eigenvalue weighted by Gasteiger charge is 2.35. The molecule has 166 valence electrons. The third-order valence-corrected chi connectivity index (χ3v) is 6.08. The van der Waals surface area contributed by atoms with E-state index in [9.17, 15) is 14.0 Å². The van der Waals surface area contributed by atoms with Crippen molar-refractivity contribution in [2.45, 2.75) is 19.4 Å². The maximum atomic E-state index is 13.7. The number of rotatable bonds is 4. The van der Waals surface area contributed by atoms with Gasteiger partial charge in [-0.3, -0.25) is 14.6 Å². The maximum Gasteiger partial charge on any atom is 0.290 e. The van der Waals surface area contributed by atoms with Gasteiger partial charge in [0, 0.05) is 42.9 Å². The topological polar surface area (TPSA) is 75.4 Å². The molecule has 1 atom stereocenters. The Hall–Kier alpha value is -4.00. The minimum atomic E-state index is -0.664. The molecule has 33 heavy (non-hydrogen) atoms.